The fraction of sp³-hybridized carbons (Fsp3) is 0.176. The van der Waals surface area contributed by atoms with Gasteiger partial charge in [0, 0.05) is 11.1 Å². The first-order valence-corrected chi connectivity index (χ1v) is 12.4. The Morgan fingerprint density at radius 3 is 1.27 bits per heavy atom. The molecule has 0 saturated carbocycles. The SMILES string of the molecule is CC1=[C-]C(C)(C)C(C)=C1C.Oc1ccc(F)cc1-c1ccccc1.Oc1ccc(F)cc1-c1ccccc1.[Cl-].[Ti+2]. The van der Waals surface area contributed by atoms with Crippen LogP contribution < -0.4 is 12.4 Å². The van der Waals surface area contributed by atoms with E-state index in [1.54, 1.807) is 0 Å². The molecular formula is C34H33ClF2O2Ti. The van der Waals surface area contributed by atoms with E-state index < -0.39 is 0 Å². The van der Waals surface area contributed by atoms with Crippen molar-refractivity contribution in [3.05, 3.63) is 131 Å². The van der Waals surface area contributed by atoms with E-state index in [2.05, 4.69) is 40.7 Å². The molecule has 0 aromatic heterocycles. The van der Waals surface area contributed by atoms with E-state index in [4.69, 9.17) is 0 Å². The van der Waals surface area contributed by atoms with Crippen LogP contribution in [0.3, 0.4) is 0 Å². The Morgan fingerprint density at radius 2 is 1.00 bits per heavy atom. The van der Waals surface area contributed by atoms with Crippen LogP contribution in [-0.4, -0.2) is 10.2 Å². The van der Waals surface area contributed by atoms with Gasteiger partial charge in [-0.2, -0.15) is 11.1 Å². The Kier molecular flexibility index (Phi) is 13.6. The van der Waals surface area contributed by atoms with Crippen molar-refractivity contribution in [2.75, 3.05) is 0 Å². The Hall–Kier alpha value is -3.18. The molecule has 0 fully saturated rings. The number of halogens is 3. The number of benzene rings is 4. The summed E-state index contributed by atoms with van der Waals surface area (Å²) in [6, 6.07) is 26.3. The van der Waals surface area contributed by atoms with E-state index in [1.165, 1.54) is 53.1 Å². The second kappa shape index (κ2) is 15.6. The van der Waals surface area contributed by atoms with Crippen LogP contribution in [0.1, 0.15) is 34.6 Å². The minimum absolute atomic E-state index is 0. The van der Waals surface area contributed by atoms with Crippen LogP contribution in [0.5, 0.6) is 11.5 Å². The summed E-state index contributed by atoms with van der Waals surface area (Å²) in [4.78, 5) is 0. The van der Waals surface area contributed by atoms with Crippen LogP contribution in [0, 0.1) is 23.1 Å². The molecule has 0 atom stereocenters. The maximum atomic E-state index is 12.9. The van der Waals surface area contributed by atoms with Gasteiger partial charge in [-0.25, -0.2) is 14.4 Å². The summed E-state index contributed by atoms with van der Waals surface area (Å²) in [5.74, 6) is -0.501. The quantitative estimate of drug-likeness (QED) is 0.205. The predicted octanol–water partition coefficient (Wildman–Crippen LogP) is 6.51. The van der Waals surface area contributed by atoms with Gasteiger partial charge < -0.3 is 22.6 Å². The van der Waals surface area contributed by atoms with Gasteiger partial charge in [0.05, 0.1) is 0 Å². The van der Waals surface area contributed by atoms with E-state index in [9.17, 15) is 19.0 Å². The molecule has 2 N–H and O–H groups in total. The molecule has 0 saturated heterocycles. The summed E-state index contributed by atoms with van der Waals surface area (Å²) in [6.45, 7) is 10.9. The topological polar surface area (TPSA) is 40.5 Å². The summed E-state index contributed by atoms with van der Waals surface area (Å²) in [6.07, 6.45) is 3.44. The third-order valence-corrected chi connectivity index (χ3v) is 6.65. The molecule has 206 valence electrons. The van der Waals surface area contributed by atoms with Gasteiger partial charge in [-0.05, 0) is 47.5 Å². The van der Waals surface area contributed by atoms with Gasteiger partial charge in [0.15, 0.2) is 0 Å². The summed E-state index contributed by atoms with van der Waals surface area (Å²) >= 11 is 0. The maximum absolute atomic E-state index is 12.9. The van der Waals surface area contributed by atoms with E-state index in [-0.39, 0.29) is 62.7 Å². The molecule has 2 nitrogen and oxygen atoms in total. The van der Waals surface area contributed by atoms with Crippen LogP contribution in [0.15, 0.2) is 114 Å². The van der Waals surface area contributed by atoms with Gasteiger partial charge in [-0.15, -0.1) is 6.92 Å². The molecule has 1 aliphatic carbocycles. The molecule has 1 aliphatic rings. The minimum Gasteiger partial charge on any atom is -1.00 e. The van der Waals surface area contributed by atoms with Crippen LogP contribution in [0.4, 0.5) is 8.78 Å². The third kappa shape index (κ3) is 9.20. The fourth-order valence-electron chi connectivity index (χ4n) is 4.12. The Balaban J connectivity index is 0.000000297. The summed E-state index contributed by atoms with van der Waals surface area (Å²) < 4.78 is 25.8. The Morgan fingerprint density at radius 1 is 0.625 bits per heavy atom. The van der Waals surface area contributed by atoms with Crippen molar-refractivity contribution in [3.8, 4) is 33.8 Å². The van der Waals surface area contributed by atoms with E-state index in [0.717, 1.165) is 11.1 Å². The average Bonchev–Trinajstić information content (AvgIpc) is 3.09. The zero-order valence-corrected chi connectivity index (χ0v) is 25.6. The third-order valence-electron chi connectivity index (χ3n) is 6.65. The smallest absolute Gasteiger partial charge is 1.00 e. The molecule has 0 radical (unpaired) electrons. The molecule has 0 amide bonds. The van der Waals surface area contributed by atoms with Crippen molar-refractivity contribution in [2.24, 2.45) is 5.41 Å². The number of phenolic OH excluding ortho intramolecular Hbond substituents is 2. The molecule has 4 aromatic carbocycles. The molecule has 0 spiro atoms. The van der Waals surface area contributed by atoms with Crippen molar-refractivity contribution in [1.82, 2.24) is 0 Å². The second-order valence-electron chi connectivity index (χ2n) is 9.68. The molecule has 6 heteroatoms. The number of hydrogen-bond acceptors (Lipinski definition) is 2. The van der Waals surface area contributed by atoms with Crippen molar-refractivity contribution in [2.45, 2.75) is 34.6 Å². The van der Waals surface area contributed by atoms with Gasteiger partial charge >= 0.3 is 21.7 Å². The number of allylic oxidation sites excluding steroid dienone is 4. The zero-order valence-electron chi connectivity index (χ0n) is 23.3. The molecule has 4 aromatic rings. The molecular weight excluding hydrogens is 562 g/mol. The van der Waals surface area contributed by atoms with Crippen molar-refractivity contribution < 1.29 is 53.1 Å². The fourth-order valence-corrected chi connectivity index (χ4v) is 4.12. The monoisotopic (exact) mass is 594 g/mol. The number of rotatable bonds is 2. The largest absolute Gasteiger partial charge is 2.00 e. The van der Waals surface area contributed by atoms with E-state index in [1.807, 2.05) is 60.7 Å². The maximum Gasteiger partial charge on any atom is 2.00 e. The van der Waals surface area contributed by atoms with Crippen LogP contribution in [0.25, 0.3) is 22.3 Å². The Bertz CT molecular complexity index is 1360. The van der Waals surface area contributed by atoms with Crippen LogP contribution in [-0.2, 0) is 21.7 Å². The first-order valence-electron chi connectivity index (χ1n) is 12.4. The van der Waals surface area contributed by atoms with Gasteiger partial charge in [0.1, 0.15) is 23.1 Å². The van der Waals surface area contributed by atoms with Crippen molar-refractivity contribution in [3.63, 3.8) is 0 Å². The first kappa shape index (κ1) is 34.9. The zero-order chi connectivity index (χ0) is 27.9. The van der Waals surface area contributed by atoms with Crippen LogP contribution in [0.2, 0.25) is 0 Å². The average molecular weight is 595 g/mol. The van der Waals surface area contributed by atoms with Crippen LogP contribution >= 0.6 is 0 Å². The van der Waals surface area contributed by atoms with Gasteiger partial charge in [0.2, 0.25) is 0 Å². The summed E-state index contributed by atoms with van der Waals surface area (Å²) in [5, 5.41) is 19.0. The minimum atomic E-state index is -0.346. The standard InChI is InChI=1S/2C12H9FO.C10H15.ClH.Ti/c2*13-10-6-7-12(14)11(8-10)9-4-2-1-3-5-9;1-7-6-10(4,5)9(3)8(7)2;;/h2*1-8,14H;1-5H3;1H;/q;;-1;;+2/p-1. The van der Waals surface area contributed by atoms with Gasteiger partial charge in [-0.3, -0.25) is 6.08 Å². The molecule has 0 bridgehead atoms. The Labute approximate surface area is 257 Å². The van der Waals surface area contributed by atoms with E-state index in [0.29, 0.717) is 11.1 Å². The van der Waals surface area contributed by atoms with Gasteiger partial charge in [-0.1, -0.05) is 93.8 Å². The molecule has 5 rings (SSSR count). The van der Waals surface area contributed by atoms with Crippen molar-refractivity contribution in [1.29, 1.82) is 0 Å². The summed E-state index contributed by atoms with van der Waals surface area (Å²) in [7, 11) is 0. The summed E-state index contributed by atoms with van der Waals surface area (Å²) in [5.41, 5.74) is 7.05. The number of hydrogen-bond donors (Lipinski definition) is 2. The normalized spacial score (nSPS) is 12.9. The van der Waals surface area contributed by atoms with Crippen molar-refractivity contribution >= 4 is 0 Å². The van der Waals surface area contributed by atoms with E-state index >= 15 is 0 Å². The second-order valence-corrected chi connectivity index (χ2v) is 9.68. The molecule has 0 unspecified atom stereocenters. The molecule has 40 heavy (non-hydrogen) atoms. The molecule has 0 heterocycles. The van der Waals surface area contributed by atoms with Gasteiger partial charge in [0.25, 0.3) is 0 Å². The number of phenols is 2. The first-order chi connectivity index (χ1) is 18.0. The number of aromatic hydroxyl groups is 2. The molecule has 0 aliphatic heterocycles. The predicted molar refractivity (Wildman–Crippen MR) is 152 cm³/mol.